The van der Waals surface area contributed by atoms with Crippen LogP contribution in [0.5, 0.6) is 11.5 Å². The number of ether oxygens (including phenoxy) is 2. The number of carbonyl (C=O) groups excluding carboxylic acids is 1. The van der Waals surface area contributed by atoms with Crippen LogP contribution >= 0.6 is 0 Å². The molecule has 1 aromatic rings. The summed E-state index contributed by atoms with van der Waals surface area (Å²) in [5.41, 5.74) is 5.94. The fraction of sp³-hybridized carbons (Fsp3) is 0.562. The molecule has 1 heterocycles. The van der Waals surface area contributed by atoms with Crippen LogP contribution in [-0.4, -0.2) is 43.2 Å². The first kappa shape index (κ1) is 15.6. The largest absolute Gasteiger partial charge is 0.486 e. The molecule has 21 heavy (non-hydrogen) atoms. The summed E-state index contributed by atoms with van der Waals surface area (Å²) < 4.78 is 11.5. The van der Waals surface area contributed by atoms with E-state index in [4.69, 9.17) is 15.2 Å². The second-order valence-electron chi connectivity index (χ2n) is 5.95. The summed E-state index contributed by atoms with van der Waals surface area (Å²) in [6, 6.07) is 7.10. The van der Waals surface area contributed by atoms with Crippen LogP contribution in [0.3, 0.4) is 0 Å². The molecule has 1 aliphatic rings. The van der Waals surface area contributed by atoms with Crippen LogP contribution in [0.25, 0.3) is 0 Å². The van der Waals surface area contributed by atoms with Gasteiger partial charge in [0.15, 0.2) is 17.6 Å². The molecule has 0 aliphatic carbocycles. The van der Waals surface area contributed by atoms with Crippen molar-refractivity contribution in [2.45, 2.75) is 32.4 Å². The lowest BCUT2D eigenvalue weighted by molar-refractivity contribution is -0.133. The highest BCUT2D eigenvalue weighted by Crippen LogP contribution is 2.30. The van der Waals surface area contributed by atoms with Crippen LogP contribution in [0, 0.1) is 5.92 Å². The maximum Gasteiger partial charge on any atom is 0.239 e. The number of carbonyl (C=O) groups is 1. The molecule has 0 spiro atoms. The first-order valence-corrected chi connectivity index (χ1v) is 7.36. The smallest absolute Gasteiger partial charge is 0.239 e. The van der Waals surface area contributed by atoms with E-state index in [2.05, 4.69) is 13.8 Å². The first-order chi connectivity index (χ1) is 9.97. The van der Waals surface area contributed by atoms with Crippen molar-refractivity contribution in [1.82, 2.24) is 4.90 Å². The van der Waals surface area contributed by atoms with Crippen molar-refractivity contribution in [3.05, 3.63) is 24.3 Å². The van der Waals surface area contributed by atoms with E-state index in [1.54, 1.807) is 11.9 Å². The van der Waals surface area contributed by atoms with Crippen molar-refractivity contribution in [1.29, 1.82) is 0 Å². The molecule has 0 bridgehead atoms. The average Bonchev–Trinajstić information content (AvgIpc) is 2.45. The van der Waals surface area contributed by atoms with Gasteiger partial charge in [-0.2, -0.15) is 0 Å². The molecule has 0 saturated carbocycles. The Morgan fingerprint density at radius 2 is 2.05 bits per heavy atom. The summed E-state index contributed by atoms with van der Waals surface area (Å²) in [7, 11) is 1.76. The van der Waals surface area contributed by atoms with Gasteiger partial charge in [0.2, 0.25) is 5.91 Å². The second-order valence-corrected chi connectivity index (χ2v) is 5.95. The van der Waals surface area contributed by atoms with Crippen LogP contribution in [0.2, 0.25) is 0 Å². The molecule has 5 heteroatoms. The number of nitrogens with zero attached hydrogens (tertiary/aromatic N) is 1. The maximum atomic E-state index is 12.2. The molecular weight excluding hydrogens is 268 g/mol. The third-order valence-corrected chi connectivity index (χ3v) is 3.46. The molecule has 1 aromatic carbocycles. The fourth-order valence-electron chi connectivity index (χ4n) is 2.44. The Bertz CT molecular complexity index is 490. The van der Waals surface area contributed by atoms with Crippen LogP contribution < -0.4 is 15.2 Å². The fourth-order valence-corrected chi connectivity index (χ4v) is 2.44. The molecule has 1 unspecified atom stereocenters. The zero-order valence-corrected chi connectivity index (χ0v) is 12.9. The van der Waals surface area contributed by atoms with Gasteiger partial charge >= 0.3 is 0 Å². The predicted octanol–water partition coefficient (Wildman–Crippen LogP) is 1.66. The van der Waals surface area contributed by atoms with E-state index in [1.807, 2.05) is 24.3 Å². The number of likely N-dealkylation sites (N-methyl/N-ethyl adjacent to an activating group) is 1. The Kier molecular flexibility index (Phi) is 5.07. The predicted molar refractivity (Wildman–Crippen MR) is 81.4 cm³/mol. The standard InChI is InChI=1S/C16H24N2O3/c1-11(2)8-13(17)16(19)18(3)9-12-10-20-14-6-4-5-7-15(14)21-12/h4-7,11-13H,8-10,17H2,1-3H3/t12?,13-/m0/s1. The lowest BCUT2D eigenvalue weighted by Crippen LogP contribution is -2.47. The minimum Gasteiger partial charge on any atom is -0.486 e. The van der Waals surface area contributed by atoms with E-state index >= 15 is 0 Å². The Morgan fingerprint density at radius 1 is 1.38 bits per heavy atom. The van der Waals surface area contributed by atoms with Gasteiger partial charge in [-0.15, -0.1) is 0 Å². The van der Waals surface area contributed by atoms with Crippen LogP contribution in [0.4, 0.5) is 0 Å². The summed E-state index contributed by atoms with van der Waals surface area (Å²) in [5, 5.41) is 0. The van der Waals surface area contributed by atoms with Gasteiger partial charge in [0.05, 0.1) is 12.6 Å². The molecule has 1 amide bonds. The zero-order valence-electron chi connectivity index (χ0n) is 12.9. The number of benzene rings is 1. The Morgan fingerprint density at radius 3 is 2.71 bits per heavy atom. The lowest BCUT2D eigenvalue weighted by atomic mass is 10.0. The molecule has 2 N–H and O–H groups in total. The van der Waals surface area contributed by atoms with Gasteiger partial charge in [-0.1, -0.05) is 26.0 Å². The number of hydrogen-bond acceptors (Lipinski definition) is 4. The molecule has 1 aliphatic heterocycles. The zero-order chi connectivity index (χ0) is 15.4. The lowest BCUT2D eigenvalue weighted by Gasteiger charge is -2.30. The van der Waals surface area contributed by atoms with Crippen LogP contribution in [0.15, 0.2) is 24.3 Å². The third kappa shape index (κ3) is 4.11. The van der Waals surface area contributed by atoms with Gasteiger partial charge in [0.1, 0.15) is 6.61 Å². The topological polar surface area (TPSA) is 64.8 Å². The number of para-hydroxylation sites is 2. The number of amides is 1. The van der Waals surface area contributed by atoms with E-state index in [-0.39, 0.29) is 12.0 Å². The van der Waals surface area contributed by atoms with E-state index in [0.717, 1.165) is 11.5 Å². The molecule has 0 radical (unpaired) electrons. The number of fused-ring (bicyclic) bond motifs is 1. The third-order valence-electron chi connectivity index (χ3n) is 3.46. The van der Waals surface area contributed by atoms with E-state index in [0.29, 0.717) is 25.5 Å². The van der Waals surface area contributed by atoms with Gasteiger partial charge < -0.3 is 20.1 Å². The Hall–Kier alpha value is -1.75. The molecule has 116 valence electrons. The number of rotatable bonds is 5. The number of nitrogens with two attached hydrogens (primary N) is 1. The normalized spacial score (nSPS) is 18.4. The molecule has 2 atom stereocenters. The summed E-state index contributed by atoms with van der Waals surface area (Å²) >= 11 is 0. The maximum absolute atomic E-state index is 12.2. The summed E-state index contributed by atoms with van der Waals surface area (Å²) in [6.07, 6.45) is 0.522. The highest BCUT2D eigenvalue weighted by Gasteiger charge is 2.26. The van der Waals surface area contributed by atoms with E-state index < -0.39 is 6.04 Å². The minimum atomic E-state index is -0.452. The first-order valence-electron chi connectivity index (χ1n) is 7.36. The molecule has 5 nitrogen and oxygen atoms in total. The summed E-state index contributed by atoms with van der Waals surface area (Å²) in [6.45, 7) is 5.03. The van der Waals surface area contributed by atoms with Crippen molar-refractivity contribution < 1.29 is 14.3 Å². The number of hydrogen-bond donors (Lipinski definition) is 1. The van der Waals surface area contributed by atoms with Gasteiger partial charge in [-0.3, -0.25) is 4.79 Å². The van der Waals surface area contributed by atoms with Crippen LogP contribution in [-0.2, 0) is 4.79 Å². The second kappa shape index (κ2) is 6.80. The average molecular weight is 292 g/mol. The van der Waals surface area contributed by atoms with E-state index in [1.165, 1.54) is 0 Å². The highest BCUT2D eigenvalue weighted by molar-refractivity contribution is 5.81. The molecule has 0 aromatic heterocycles. The molecule has 2 rings (SSSR count). The summed E-state index contributed by atoms with van der Waals surface area (Å²) in [4.78, 5) is 13.8. The quantitative estimate of drug-likeness (QED) is 0.896. The Labute approximate surface area is 126 Å². The van der Waals surface area contributed by atoms with Crippen molar-refractivity contribution in [3.8, 4) is 11.5 Å². The van der Waals surface area contributed by atoms with Crippen molar-refractivity contribution in [2.24, 2.45) is 11.7 Å². The van der Waals surface area contributed by atoms with Crippen molar-refractivity contribution in [2.75, 3.05) is 20.2 Å². The van der Waals surface area contributed by atoms with Crippen LogP contribution in [0.1, 0.15) is 20.3 Å². The van der Waals surface area contributed by atoms with Gasteiger partial charge in [0.25, 0.3) is 0 Å². The van der Waals surface area contributed by atoms with Gasteiger partial charge in [0, 0.05) is 7.05 Å². The van der Waals surface area contributed by atoms with Gasteiger partial charge in [-0.05, 0) is 24.5 Å². The molecular formula is C16H24N2O3. The SMILES string of the molecule is CC(C)C[C@H](N)C(=O)N(C)CC1COc2ccccc2O1. The highest BCUT2D eigenvalue weighted by atomic mass is 16.6. The summed E-state index contributed by atoms with van der Waals surface area (Å²) in [5.74, 6) is 1.82. The minimum absolute atomic E-state index is 0.0499. The molecule has 0 fully saturated rings. The van der Waals surface area contributed by atoms with Crippen molar-refractivity contribution in [3.63, 3.8) is 0 Å². The molecule has 0 saturated heterocycles. The van der Waals surface area contributed by atoms with Crippen molar-refractivity contribution >= 4 is 5.91 Å². The van der Waals surface area contributed by atoms with Gasteiger partial charge in [-0.25, -0.2) is 0 Å². The Balaban J connectivity index is 1.89. The monoisotopic (exact) mass is 292 g/mol. The van der Waals surface area contributed by atoms with E-state index in [9.17, 15) is 4.79 Å².